The predicted octanol–water partition coefficient (Wildman–Crippen LogP) is 5.76. The summed E-state index contributed by atoms with van der Waals surface area (Å²) < 4.78 is 5.47. The summed E-state index contributed by atoms with van der Waals surface area (Å²) in [4.78, 5) is 27.2. The highest BCUT2D eigenvalue weighted by molar-refractivity contribution is 5.97. The first-order valence-electron chi connectivity index (χ1n) is 12.5. The van der Waals surface area contributed by atoms with Crippen LogP contribution in [0.5, 0.6) is 5.75 Å². The first-order chi connectivity index (χ1) is 16.1. The van der Waals surface area contributed by atoms with Crippen molar-refractivity contribution < 1.29 is 14.3 Å². The molecule has 5 aliphatic rings. The smallest absolute Gasteiger partial charge is 0.410 e. The Bertz CT molecular complexity index is 998. The normalized spacial score (nSPS) is 32.1. The zero-order chi connectivity index (χ0) is 22.4. The average Bonchev–Trinajstić information content (AvgIpc) is 3.30. The molecule has 1 N–H and O–H groups in total. The summed E-state index contributed by atoms with van der Waals surface area (Å²) in [6.45, 7) is 0.536. The number of carbonyl (C=O) groups is 2. The highest BCUT2D eigenvalue weighted by Gasteiger charge is 2.51. The number of rotatable bonds is 4. The van der Waals surface area contributed by atoms with Crippen LogP contribution >= 0.6 is 0 Å². The zero-order valence-corrected chi connectivity index (χ0v) is 19.0. The van der Waals surface area contributed by atoms with Crippen molar-refractivity contribution in [3.05, 3.63) is 60.2 Å². The van der Waals surface area contributed by atoms with Crippen LogP contribution in [0.3, 0.4) is 0 Å². The maximum absolute atomic E-state index is 13.0. The van der Waals surface area contributed by atoms with Crippen LogP contribution in [0.4, 0.5) is 10.5 Å². The lowest BCUT2D eigenvalue weighted by atomic mass is 9.48. The summed E-state index contributed by atoms with van der Waals surface area (Å²) in [5.41, 5.74) is 2.62. The molecule has 0 radical (unpaired) electrons. The molecule has 7 rings (SSSR count). The molecule has 5 heteroatoms. The Hall–Kier alpha value is -2.82. The van der Waals surface area contributed by atoms with Crippen LogP contribution in [0.15, 0.2) is 54.6 Å². The van der Waals surface area contributed by atoms with E-state index in [1.807, 2.05) is 30.3 Å². The molecule has 4 bridgehead atoms. The van der Waals surface area contributed by atoms with Gasteiger partial charge < -0.3 is 10.1 Å². The van der Waals surface area contributed by atoms with Crippen LogP contribution in [0.1, 0.15) is 56.9 Å². The van der Waals surface area contributed by atoms with Crippen LogP contribution < -0.4 is 10.1 Å². The molecule has 1 aliphatic heterocycles. The standard InChI is InChI=1S/C28H32N2O3/c31-26(25-7-4-12-30(25)27(32)33-24-5-2-1-3-6-24)29-23-10-8-22(9-11-23)28-16-19-13-20(17-28)15-21(14-19)18-28/h1-3,5-6,8-11,19-21,25H,4,7,12-18H2,(H,29,31)/t19?,20?,21?,25-,28?/m1/s1. The number of anilines is 1. The first-order valence-corrected chi connectivity index (χ1v) is 12.5. The van der Waals surface area contributed by atoms with E-state index in [1.54, 1.807) is 17.0 Å². The molecule has 2 amide bonds. The van der Waals surface area contributed by atoms with Gasteiger partial charge in [0.05, 0.1) is 0 Å². The summed E-state index contributed by atoms with van der Waals surface area (Å²) in [5.74, 6) is 3.10. The summed E-state index contributed by atoms with van der Waals surface area (Å²) in [7, 11) is 0. The fourth-order valence-corrected chi connectivity index (χ4v) is 7.50. The fraction of sp³-hybridized carbons (Fsp3) is 0.500. The van der Waals surface area contributed by atoms with Crippen molar-refractivity contribution in [2.75, 3.05) is 11.9 Å². The summed E-state index contributed by atoms with van der Waals surface area (Å²) in [6.07, 6.45) is 9.33. The molecule has 1 heterocycles. The van der Waals surface area contributed by atoms with E-state index in [2.05, 4.69) is 17.4 Å². The Balaban J connectivity index is 1.11. The lowest BCUT2D eigenvalue weighted by molar-refractivity contribution is -0.119. The van der Waals surface area contributed by atoms with E-state index < -0.39 is 12.1 Å². The minimum Gasteiger partial charge on any atom is -0.410 e. The number of para-hydroxylation sites is 1. The molecule has 33 heavy (non-hydrogen) atoms. The lowest BCUT2D eigenvalue weighted by Crippen LogP contribution is -2.48. The lowest BCUT2D eigenvalue weighted by Gasteiger charge is -2.57. The van der Waals surface area contributed by atoms with Crippen molar-refractivity contribution in [2.24, 2.45) is 17.8 Å². The minimum absolute atomic E-state index is 0.139. The number of ether oxygens (including phenoxy) is 1. The third-order valence-electron chi connectivity index (χ3n) is 8.54. The highest BCUT2D eigenvalue weighted by atomic mass is 16.6. The van der Waals surface area contributed by atoms with E-state index in [4.69, 9.17) is 4.74 Å². The van der Waals surface area contributed by atoms with Gasteiger partial charge in [0.25, 0.3) is 0 Å². The molecule has 2 aromatic carbocycles. The number of hydrogen-bond acceptors (Lipinski definition) is 3. The molecule has 5 nitrogen and oxygen atoms in total. The second-order valence-corrected chi connectivity index (χ2v) is 10.8. The highest BCUT2D eigenvalue weighted by Crippen LogP contribution is 2.60. The van der Waals surface area contributed by atoms with Crippen molar-refractivity contribution in [2.45, 2.75) is 62.8 Å². The van der Waals surface area contributed by atoms with Crippen molar-refractivity contribution in [3.63, 3.8) is 0 Å². The van der Waals surface area contributed by atoms with Gasteiger partial charge in [0, 0.05) is 12.2 Å². The first kappa shape index (κ1) is 20.8. The van der Waals surface area contributed by atoms with Crippen molar-refractivity contribution in [1.29, 1.82) is 0 Å². The topological polar surface area (TPSA) is 58.6 Å². The third kappa shape index (κ3) is 3.92. The zero-order valence-electron chi connectivity index (χ0n) is 19.0. The van der Waals surface area contributed by atoms with Crippen molar-refractivity contribution >= 4 is 17.7 Å². The predicted molar refractivity (Wildman–Crippen MR) is 127 cm³/mol. The average molecular weight is 445 g/mol. The monoisotopic (exact) mass is 444 g/mol. The molecule has 172 valence electrons. The Morgan fingerprint density at radius 1 is 0.879 bits per heavy atom. The second-order valence-electron chi connectivity index (χ2n) is 10.8. The number of carbonyl (C=O) groups excluding carboxylic acids is 2. The van der Waals surface area contributed by atoms with E-state index in [-0.39, 0.29) is 5.91 Å². The quantitative estimate of drug-likeness (QED) is 0.653. The third-order valence-corrected chi connectivity index (χ3v) is 8.54. The molecule has 0 unspecified atom stereocenters. The van der Waals surface area contributed by atoms with Gasteiger partial charge in [-0.2, -0.15) is 0 Å². The molecule has 2 aromatic rings. The molecular weight excluding hydrogens is 412 g/mol. The maximum atomic E-state index is 13.0. The fourth-order valence-electron chi connectivity index (χ4n) is 7.50. The molecule has 0 aromatic heterocycles. The number of likely N-dealkylation sites (tertiary alicyclic amines) is 1. The van der Waals surface area contributed by atoms with Gasteiger partial charge >= 0.3 is 6.09 Å². The minimum atomic E-state index is -0.496. The van der Waals surface area contributed by atoms with E-state index in [1.165, 1.54) is 44.1 Å². The second kappa shape index (κ2) is 8.19. The van der Waals surface area contributed by atoms with Crippen LogP contribution in [0.2, 0.25) is 0 Å². The summed E-state index contributed by atoms with van der Waals surface area (Å²) in [5, 5.41) is 3.05. The van der Waals surface area contributed by atoms with Gasteiger partial charge in [0.2, 0.25) is 5.91 Å². The van der Waals surface area contributed by atoms with Gasteiger partial charge in [-0.15, -0.1) is 0 Å². The Morgan fingerprint density at radius 2 is 1.52 bits per heavy atom. The van der Waals surface area contributed by atoms with E-state index >= 15 is 0 Å². The van der Waals surface area contributed by atoms with Gasteiger partial charge in [-0.1, -0.05) is 30.3 Å². The molecule has 1 saturated heterocycles. The Kier molecular flexibility index (Phi) is 5.16. The largest absolute Gasteiger partial charge is 0.415 e. The molecular formula is C28H32N2O3. The van der Waals surface area contributed by atoms with Crippen LogP contribution in [0.25, 0.3) is 0 Å². The van der Waals surface area contributed by atoms with E-state index in [0.29, 0.717) is 24.1 Å². The number of hydrogen-bond donors (Lipinski definition) is 1. The van der Waals surface area contributed by atoms with Gasteiger partial charge in [-0.05, 0) is 104 Å². The van der Waals surface area contributed by atoms with Gasteiger partial charge in [-0.3, -0.25) is 9.69 Å². The van der Waals surface area contributed by atoms with Crippen molar-refractivity contribution in [1.82, 2.24) is 4.90 Å². The van der Waals surface area contributed by atoms with Gasteiger partial charge in [-0.25, -0.2) is 4.79 Å². The summed E-state index contributed by atoms with van der Waals surface area (Å²) in [6, 6.07) is 17.1. The number of benzene rings is 2. The molecule has 4 aliphatic carbocycles. The van der Waals surface area contributed by atoms with Crippen molar-refractivity contribution in [3.8, 4) is 5.75 Å². The Morgan fingerprint density at radius 3 is 2.15 bits per heavy atom. The maximum Gasteiger partial charge on any atom is 0.415 e. The number of nitrogens with one attached hydrogen (secondary N) is 1. The molecule has 4 saturated carbocycles. The van der Waals surface area contributed by atoms with E-state index in [9.17, 15) is 9.59 Å². The molecule has 5 fully saturated rings. The van der Waals surface area contributed by atoms with Gasteiger partial charge in [0.15, 0.2) is 0 Å². The van der Waals surface area contributed by atoms with Crippen LogP contribution in [-0.4, -0.2) is 29.5 Å². The van der Waals surface area contributed by atoms with Crippen LogP contribution in [0, 0.1) is 17.8 Å². The van der Waals surface area contributed by atoms with Gasteiger partial charge in [0.1, 0.15) is 11.8 Å². The molecule has 0 spiro atoms. The number of amides is 2. The number of nitrogens with zero attached hydrogens (tertiary/aromatic N) is 1. The summed E-state index contributed by atoms with van der Waals surface area (Å²) >= 11 is 0. The van der Waals surface area contributed by atoms with Crippen LogP contribution in [-0.2, 0) is 10.2 Å². The molecule has 1 atom stereocenters. The SMILES string of the molecule is O=C(Nc1ccc(C23CC4CC(CC(C4)C2)C3)cc1)[C@H]1CCCN1C(=O)Oc1ccccc1. The van der Waals surface area contributed by atoms with E-state index in [0.717, 1.165) is 29.9 Å². The Labute approximate surface area is 195 Å².